The summed E-state index contributed by atoms with van der Waals surface area (Å²) in [7, 11) is 1.54. The highest BCUT2D eigenvalue weighted by atomic mass is 19.1. The van der Waals surface area contributed by atoms with Gasteiger partial charge in [0.25, 0.3) is 0 Å². The zero-order valence-electron chi connectivity index (χ0n) is 11.0. The average Bonchev–Trinajstić information content (AvgIpc) is 2.38. The number of carbonyl (C=O) groups excluding carboxylic acids is 1. The third-order valence-corrected chi connectivity index (χ3v) is 2.65. The maximum Gasteiger partial charge on any atom is 0.236 e. The third-order valence-electron chi connectivity index (χ3n) is 2.65. The molecule has 0 fully saturated rings. The normalized spacial score (nSPS) is 12.2. The molecule has 0 aliphatic carbocycles. The molecule has 1 amide bonds. The van der Waals surface area contributed by atoms with Crippen LogP contribution in [0.25, 0.3) is 0 Å². The van der Waals surface area contributed by atoms with Crippen molar-refractivity contribution in [1.82, 2.24) is 10.6 Å². The predicted molar refractivity (Wildman–Crippen MR) is 67.5 cm³/mol. The summed E-state index contributed by atoms with van der Waals surface area (Å²) in [5.41, 5.74) is -0.0703. The molecule has 106 valence electrons. The van der Waals surface area contributed by atoms with Crippen molar-refractivity contribution in [3.63, 3.8) is 0 Å². The van der Waals surface area contributed by atoms with Gasteiger partial charge < -0.3 is 15.4 Å². The highest BCUT2D eigenvalue weighted by Crippen LogP contribution is 2.11. The SMILES string of the molecule is COCCNC(=O)C(C)NCc1c(F)cccc1F. The van der Waals surface area contributed by atoms with Crippen molar-refractivity contribution in [3.05, 3.63) is 35.4 Å². The minimum Gasteiger partial charge on any atom is -0.383 e. The van der Waals surface area contributed by atoms with E-state index in [0.29, 0.717) is 13.2 Å². The molecular weight excluding hydrogens is 254 g/mol. The second kappa shape index (κ2) is 7.81. The average molecular weight is 272 g/mol. The molecule has 1 rings (SSSR count). The lowest BCUT2D eigenvalue weighted by Gasteiger charge is -2.14. The number of hydrogen-bond donors (Lipinski definition) is 2. The quantitative estimate of drug-likeness (QED) is 0.733. The molecule has 19 heavy (non-hydrogen) atoms. The van der Waals surface area contributed by atoms with Crippen LogP contribution >= 0.6 is 0 Å². The van der Waals surface area contributed by atoms with E-state index in [0.717, 1.165) is 0 Å². The number of nitrogens with one attached hydrogen (secondary N) is 2. The van der Waals surface area contributed by atoms with Gasteiger partial charge >= 0.3 is 0 Å². The Balaban J connectivity index is 2.45. The zero-order valence-corrected chi connectivity index (χ0v) is 11.0. The van der Waals surface area contributed by atoms with E-state index < -0.39 is 17.7 Å². The van der Waals surface area contributed by atoms with E-state index in [1.54, 1.807) is 6.92 Å². The lowest BCUT2D eigenvalue weighted by molar-refractivity contribution is -0.123. The number of rotatable bonds is 7. The lowest BCUT2D eigenvalue weighted by Crippen LogP contribution is -2.43. The summed E-state index contributed by atoms with van der Waals surface area (Å²) in [5.74, 6) is -1.49. The Morgan fingerprint density at radius 2 is 2.00 bits per heavy atom. The van der Waals surface area contributed by atoms with Crippen LogP contribution in [-0.2, 0) is 16.1 Å². The first kappa shape index (κ1) is 15.5. The summed E-state index contributed by atoms with van der Waals surface area (Å²) in [6.07, 6.45) is 0. The Morgan fingerprint density at radius 3 is 2.58 bits per heavy atom. The standard InChI is InChI=1S/C13H18F2N2O2/c1-9(13(18)16-6-7-19-2)17-8-10-11(14)4-3-5-12(10)15/h3-5,9,17H,6-8H2,1-2H3,(H,16,18). The molecular formula is C13H18F2N2O2. The van der Waals surface area contributed by atoms with Crippen LogP contribution in [0.15, 0.2) is 18.2 Å². The fourth-order valence-electron chi connectivity index (χ4n) is 1.48. The molecule has 6 heteroatoms. The van der Waals surface area contributed by atoms with E-state index in [2.05, 4.69) is 10.6 Å². The first-order valence-corrected chi connectivity index (χ1v) is 5.99. The number of amides is 1. The molecule has 1 atom stereocenters. The largest absolute Gasteiger partial charge is 0.383 e. The van der Waals surface area contributed by atoms with Gasteiger partial charge in [-0.3, -0.25) is 4.79 Å². The number of methoxy groups -OCH3 is 1. The van der Waals surface area contributed by atoms with Crippen molar-refractivity contribution in [2.45, 2.75) is 19.5 Å². The van der Waals surface area contributed by atoms with Crippen LogP contribution < -0.4 is 10.6 Å². The second-order valence-corrected chi connectivity index (χ2v) is 4.09. The number of hydrogen-bond acceptors (Lipinski definition) is 3. The fourth-order valence-corrected chi connectivity index (χ4v) is 1.48. The van der Waals surface area contributed by atoms with Gasteiger partial charge in [-0.1, -0.05) is 6.07 Å². The van der Waals surface area contributed by atoms with Crippen molar-refractivity contribution in [2.24, 2.45) is 0 Å². The molecule has 4 nitrogen and oxygen atoms in total. The molecule has 1 aromatic rings. The first-order chi connectivity index (χ1) is 9.06. The van der Waals surface area contributed by atoms with E-state index in [9.17, 15) is 13.6 Å². The van der Waals surface area contributed by atoms with Gasteiger partial charge in [-0.15, -0.1) is 0 Å². The van der Waals surface area contributed by atoms with Crippen LogP contribution in [-0.4, -0.2) is 32.2 Å². The van der Waals surface area contributed by atoms with Gasteiger partial charge in [-0.25, -0.2) is 8.78 Å². The lowest BCUT2D eigenvalue weighted by atomic mass is 10.2. The molecule has 2 N–H and O–H groups in total. The molecule has 0 aliphatic rings. The van der Waals surface area contributed by atoms with Gasteiger partial charge in [0, 0.05) is 25.8 Å². The topological polar surface area (TPSA) is 50.4 Å². The minimum absolute atomic E-state index is 0.0443. The van der Waals surface area contributed by atoms with Gasteiger partial charge in [0.15, 0.2) is 0 Å². The molecule has 0 saturated heterocycles. The zero-order chi connectivity index (χ0) is 14.3. The molecule has 0 aliphatic heterocycles. The van der Waals surface area contributed by atoms with Gasteiger partial charge in [-0.05, 0) is 19.1 Å². The maximum absolute atomic E-state index is 13.4. The number of halogens is 2. The van der Waals surface area contributed by atoms with Crippen LogP contribution in [0.3, 0.4) is 0 Å². The summed E-state index contributed by atoms with van der Waals surface area (Å²) < 4.78 is 31.5. The number of carbonyl (C=O) groups is 1. The van der Waals surface area contributed by atoms with Gasteiger partial charge in [-0.2, -0.15) is 0 Å². The van der Waals surface area contributed by atoms with Crippen molar-refractivity contribution in [1.29, 1.82) is 0 Å². The van der Waals surface area contributed by atoms with Gasteiger partial charge in [0.2, 0.25) is 5.91 Å². The number of benzene rings is 1. The smallest absolute Gasteiger partial charge is 0.236 e. The fraction of sp³-hybridized carbons (Fsp3) is 0.462. The molecule has 0 spiro atoms. The molecule has 0 aromatic heterocycles. The van der Waals surface area contributed by atoms with E-state index in [1.165, 1.54) is 25.3 Å². The molecule has 0 saturated carbocycles. The highest BCUT2D eigenvalue weighted by Gasteiger charge is 2.14. The van der Waals surface area contributed by atoms with Crippen molar-refractivity contribution >= 4 is 5.91 Å². The van der Waals surface area contributed by atoms with Gasteiger partial charge in [0.1, 0.15) is 11.6 Å². The van der Waals surface area contributed by atoms with Crippen LogP contribution in [0.5, 0.6) is 0 Å². The summed E-state index contributed by atoms with van der Waals surface area (Å²) in [6, 6.07) is 3.12. The molecule has 1 unspecified atom stereocenters. The van der Waals surface area contributed by atoms with E-state index in [4.69, 9.17) is 4.74 Å². The predicted octanol–water partition coefficient (Wildman–Crippen LogP) is 1.21. The van der Waals surface area contributed by atoms with Crippen LogP contribution in [0, 0.1) is 11.6 Å². The van der Waals surface area contributed by atoms with E-state index in [-0.39, 0.29) is 18.0 Å². The maximum atomic E-state index is 13.4. The summed E-state index contributed by atoms with van der Waals surface area (Å²) in [6.45, 7) is 2.40. The second-order valence-electron chi connectivity index (χ2n) is 4.09. The Labute approximate surface area is 111 Å². The minimum atomic E-state index is -0.625. The molecule has 0 bridgehead atoms. The van der Waals surface area contributed by atoms with Crippen molar-refractivity contribution in [2.75, 3.05) is 20.3 Å². The van der Waals surface area contributed by atoms with Gasteiger partial charge in [0.05, 0.1) is 12.6 Å². The third kappa shape index (κ3) is 4.92. The van der Waals surface area contributed by atoms with Crippen LogP contribution in [0.4, 0.5) is 8.78 Å². The molecule has 0 radical (unpaired) electrons. The Bertz CT molecular complexity index is 407. The molecule has 0 heterocycles. The number of ether oxygens (including phenoxy) is 1. The Morgan fingerprint density at radius 1 is 1.37 bits per heavy atom. The van der Waals surface area contributed by atoms with Crippen LogP contribution in [0.1, 0.15) is 12.5 Å². The first-order valence-electron chi connectivity index (χ1n) is 5.99. The van der Waals surface area contributed by atoms with E-state index in [1.807, 2.05) is 0 Å². The Hall–Kier alpha value is -1.53. The Kier molecular flexibility index (Phi) is 6.38. The van der Waals surface area contributed by atoms with Crippen molar-refractivity contribution < 1.29 is 18.3 Å². The van der Waals surface area contributed by atoms with Crippen LogP contribution in [0.2, 0.25) is 0 Å². The summed E-state index contributed by atoms with van der Waals surface area (Å²) >= 11 is 0. The summed E-state index contributed by atoms with van der Waals surface area (Å²) in [5, 5.41) is 5.41. The van der Waals surface area contributed by atoms with E-state index >= 15 is 0 Å². The summed E-state index contributed by atoms with van der Waals surface area (Å²) in [4.78, 5) is 11.6. The van der Waals surface area contributed by atoms with Crippen molar-refractivity contribution in [3.8, 4) is 0 Å². The molecule has 1 aromatic carbocycles. The highest BCUT2D eigenvalue weighted by molar-refractivity contribution is 5.81. The monoisotopic (exact) mass is 272 g/mol.